The molecule has 0 radical (unpaired) electrons. The van der Waals surface area contributed by atoms with E-state index in [0.29, 0.717) is 24.3 Å². The number of halogens is 1. The van der Waals surface area contributed by atoms with Crippen LogP contribution >= 0.6 is 0 Å². The summed E-state index contributed by atoms with van der Waals surface area (Å²) < 4.78 is 13.7. The number of hydrogen-bond donors (Lipinski definition) is 1. The van der Waals surface area contributed by atoms with Gasteiger partial charge in [-0.1, -0.05) is 6.92 Å². The summed E-state index contributed by atoms with van der Waals surface area (Å²) in [6.45, 7) is 3.06. The molecule has 16 heavy (non-hydrogen) atoms. The van der Waals surface area contributed by atoms with Gasteiger partial charge in [-0.25, -0.2) is 4.39 Å². The molecule has 0 amide bonds. The summed E-state index contributed by atoms with van der Waals surface area (Å²) in [7, 11) is 0. The molecule has 0 saturated heterocycles. The lowest BCUT2D eigenvalue weighted by Crippen LogP contribution is -2.28. The number of nitrogens with zero attached hydrogens (tertiary/aromatic N) is 2. The Hall–Kier alpha value is -1.60. The predicted octanol–water partition coefficient (Wildman–Crippen LogP) is 1.91. The smallest absolute Gasteiger partial charge is 0.147 e. The summed E-state index contributed by atoms with van der Waals surface area (Å²) in [5, 5.41) is 17.5. The fourth-order valence-electron chi connectivity index (χ4n) is 1.58. The highest BCUT2D eigenvalue weighted by Crippen LogP contribution is 2.20. The van der Waals surface area contributed by atoms with Crippen LogP contribution in [0.25, 0.3) is 0 Å². The molecule has 0 spiro atoms. The zero-order chi connectivity index (χ0) is 12.0. The molecule has 0 heterocycles. The zero-order valence-electron chi connectivity index (χ0n) is 9.28. The monoisotopic (exact) mass is 222 g/mol. The lowest BCUT2D eigenvalue weighted by Gasteiger charge is -2.23. The fourth-order valence-corrected chi connectivity index (χ4v) is 1.58. The van der Waals surface area contributed by atoms with Crippen LogP contribution in [0.5, 0.6) is 0 Å². The lowest BCUT2D eigenvalue weighted by atomic mass is 10.2. The fraction of sp³-hybridized carbons (Fsp3) is 0.417. The molecule has 1 aromatic rings. The van der Waals surface area contributed by atoms with Gasteiger partial charge in [0.25, 0.3) is 0 Å². The van der Waals surface area contributed by atoms with Gasteiger partial charge in [-0.15, -0.1) is 0 Å². The van der Waals surface area contributed by atoms with Gasteiger partial charge in [0.1, 0.15) is 5.82 Å². The van der Waals surface area contributed by atoms with Gasteiger partial charge in [-0.2, -0.15) is 5.26 Å². The van der Waals surface area contributed by atoms with E-state index in [1.54, 1.807) is 17.0 Å². The Balaban J connectivity index is 2.96. The van der Waals surface area contributed by atoms with Crippen LogP contribution in [-0.4, -0.2) is 24.8 Å². The first-order chi connectivity index (χ1) is 7.72. The van der Waals surface area contributed by atoms with Crippen LogP contribution in [-0.2, 0) is 0 Å². The van der Waals surface area contributed by atoms with Crippen molar-refractivity contribution in [3.8, 4) is 6.07 Å². The molecule has 0 aliphatic rings. The summed E-state index contributed by atoms with van der Waals surface area (Å²) in [5.74, 6) is -0.416. The zero-order valence-corrected chi connectivity index (χ0v) is 9.28. The van der Waals surface area contributed by atoms with Crippen molar-refractivity contribution in [2.45, 2.75) is 13.3 Å². The second kappa shape index (κ2) is 6.09. The van der Waals surface area contributed by atoms with Crippen molar-refractivity contribution in [2.24, 2.45) is 0 Å². The van der Waals surface area contributed by atoms with E-state index in [9.17, 15) is 4.39 Å². The van der Waals surface area contributed by atoms with Crippen molar-refractivity contribution >= 4 is 5.69 Å². The highest BCUT2D eigenvalue weighted by Gasteiger charge is 2.10. The second-order valence-electron chi connectivity index (χ2n) is 3.49. The SMILES string of the molecule is CCCN(CCO)c1ccc(C#N)cc1F. The summed E-state index contributed by atoms with van der Waals surface area (Å²) >= 11 is 0. The molecule has 0 unspecified atom stereocenters. The number of rotatable bonds is 5. The average molecular weight is 222 g/mol. The number of benzene rings is 1. The van der Waals surface area contributed by atoms with Gasteiger partial charge in [0.2, 0.25) is 0 Å². The van der Waals surface area contributed by atoms with E-state index >= 15 is 0 Å². The largest absolute Gasteiger partial charge is 0.395 e. The molecular weight excluding hydrogens is 207 g/mol. The molecule has 1 rings (SSSR count). The summed E-state index contributed by atoms with van der Waals surface area (Å²) in [6.07, 6.45) is 0.874. The van der Waals surface area contributed by atoms with Crippen LogP contribution in [0.3, 0.4) is 0 Å². The van der Waals surface area contributed by atoms with Gasteiger partial charge in [0.05, 0.1) is 23.9 Å². The van der Waals surface area contributed by atoms with Crippen LogP contribution in [0.2, 0.25) is 0 Å². The molecule has 1 N–H and O–H groups in total. The van der Waals surface area contributed by atoms with Crippen molar-refractivity contribution in [1.82, 2.24) is 0 Å². The Morgan fingerprint density at radius 1 is 1.44 bits per heavy atom. The maximum absolute atomic E-state index is 13.7. The van der Waals surface area contributed by atoms with Gasteiger partial charge in [0, 0.05) is 13.1 Å². The molecule has 3 nitrogen and oxygen atoms in total. The van der Waals surface area contributed by atoms with Crippen LogP contribution in [0.4, 0.5) is 10.1 Å². The average Bonchev–Trinajstić information content (AvgIpc) is 2.29. The Morgan fingerprint density at radius 3 is 2.69 bits per heavy atom. The summed E-state index contributed by atoms with van der Waals surface area (Å²) in [5.41, 5.74) is 0.747. The van der Waals surface area contributed by atoms with Crippen LogP contribution < -0.4 is 4.90 Å². The van der Waals surface area contributed by atoms with Crippen LogP contribution in [0, 0.1) is 17.1 Å². The maximum Gasteiger partial charge on any atom is 0.147 e. The summed E-state index contributed by atoms with van der Waals surface area (Å²) in [6, 6.07) is 6.27. The van der Waals surface area contributed by atoms with Crippen LogP contribution in [0.15, 0.2) is 18.2 Å². The topological polar surface area (TPSA) is 47.3 Å². The Kier molecular flexibility index (Phi) is 4.74. The van der Waals surface area contributed by atoms with E-state index in [1.807, 2.05) is 13.0 Å². The van der Waals surface area contributed by atoms with E-state index in [-0.39, 0.29) is 6.61 Å². The van der Waals surface area contributed by atoms with Crippen molar-refractivity contribution in [2.75, 3.05) is 24.6 Å². The molecule has 0 saturated carbocycles. The van der Waals surface area contributed by atoms with E-state index < -0.39 is 5.82 Å². The molecule has 0 atom stereocenters. The number of nitriles is 1. The number of hydrogen-bond acceptors (Lipinski definition) is 3. The van der Waals surface area contributed by atoms with E-state index in [2.05, 4.69) is 0 Å². The maximum atomic E-state index is 13.7. The number of aliphatic hydroxyl groups excluding tert-OH is 1. The highest BCUT2D eigenvalue weighted by atomic mass is 19.1. The highest BCUT2D eigenvalue weighted by molar-refractivity contribution is 5.51. The predicted molar refractivity (Wildman–Crippen MR) is 60.7 cm³/mol. The minimum Gasteiger partial charge on any atom is -0.395 e. The normalized spacial score (nSPS) is 9.88. The van der Waals surface area contributed by atoms with Crippen molar-refractivity contribution in [3.63, 3.8) is 0 Å². The van der Waals surface area contributed by atoms with Gasteiger partial charge in [-0.05, 0) is 24.6 Å². The number of anilines is 1. The first-order valence-corrected chi connectivity index (χ1v) is 5.28. The molecule has 0 aliphatic heterocycles. The summed E-state index contributed by atoms with van der Waals surface area (Å²) in [4.78, 5) is 1.77. The van der Waals surface area contributed by atoms with Crippen LogP contribution in [0.1, 0.15) is 18.9 Å². The first kappa shape index (κ1) is 12.5. The van der Waals surface area contributed by atoms with Crippen molar-refractivity contribution in [3.05, 3.63) is 29.6 Å². The quantitative estimate of drug-likeness (QED) is 0.827. The van der Waals surface area contributed by atoms with Gasteiger partial charge < -0.3 is 10.0 Å². The van der Waals surface area contributed by atoms with Crippen molar-refractivity contribution < 1.29 is 9.50 Å². The third-order valence-electron chi connectivity index (χ3n) is 2.28. The van der Waals surface area contributed by atoms with Gasteiger partial charge in [0.15, 0.2) is 0 Å². The molecule has 0 aromatic heterocycles. The standard InChI is InChI=1S/C12H15FN2O/c1-2-5-15(6-7-16)12-4-3-10(9-14)8-11(12)13/h3-4,8,16H,2,5-7H2,1H3. The lowest BCUT2D eigenvalue weighted by molar-refractivity contribution is 0.301. The minimum absolute atomic E-state index is 0.0144. The second-order valence-corrected chi connectivity index (χ2v) is 3.49. The Bertz CT molecular complexity index is 381. The molecule has 0 fully saturated rings. The number of aliphatic hydroxyl groups is 1. The minimum atomic E-state index is -0.416. The molecular formula is C12H15FN2O. The molecule has 1 aromatic carbocycles. The van der Waals surface area contributed by atoms with Gasteiger partial charge >= 0.3 is 0 Å². The molecule has 0 bridgehead atoms. The van der Waals surface area contributed by atoms with Gasteiger partial charge in [-0.3, -0.25) is 0 Å². The third kappa shape index (κ3) is 2.94. The van der Waals surface area contributed by atoms with E-state index in [0.717, 1.165) is 6.42 Å². The Labute approximate surface area is 94.7 Å². The third-order valence-corrected chi connectivity index (χ3v) is 2.28. The molecule has 0 aliphatic carbocycles. The molecule has 4 heteroatoms. The van der Waals surface area contributed by atoms with E-state index in [1.165, 1.54) is 6.07 Å². The van der Waals surface area contributed by atoms with Crippen molar-refractivity contribution in [1.29, 1.82) is 5.26 Å². The first-order valence-electron chi connectivity index (χ1n) is 5.28. The Morgan fingerprint density at radius 2 is 2.19 bits per heavy atom. The molecule has 86 valence electrons. The van der Waals surface area contributed by atoms with E-state index in [4.69, 9.17) is 10.4 Å².